The molecule has 0 saturated carbocycles. The molecule has 0 saturated heterocycles. The molecule has 1 amide bonds. The Bertz CT molecular complexity index is 631. The Morgan fingerprint density at radius 2 is 1.82 bits per heavy atom. The minimum atomic E-state index is -0.535. The highest BCUT2D eigenvalue weighted by molar-refractivity contribution is 14.0. The van der Waals surface area contributed by atoms with Gasteiger partial charge in [0.25, 0.3) is 0 Å². The van der Waals surface area contributed by atoms with Gasteiger partial charge in [-0.15, -0.1) is 24.0 Å². The first kappa shape index (κ1) is 26.5. The van der Waals surface area contributed by atoms with Crippen molar-refractivity contribution in [1.82, 2.24) is 21.1 Å². The maximum absolute atomic E-state index is 12.0. The van der Waals surface area contributed by atoms with E-state index in [9.17, 15) is 4.79 Å². The molecule has 0 spiro atoms. The maximum Gasteiger partial charge on any atom is 0.408 e. The number of amides is 1. The molecule has 0 unspecified atom stereocenters. The van der Waals surface area contributed by atoms with E-state index in [1.807, 2.05) is 55.4 Å². The summed E-state index contributed by atoms with van der Waals surface area (Å²) in [5.41, 5.74) is 0.967. The Morgan fingerprint density at radius 3 is 2.32 bits per heavy atom. The molecule has 0 aromatic carbocycles. The summed E-state index contributed by atoms with van der Waals surface area (Å²) in [6.07, 6.45) is 0.351. The van der Waals surface area contributed by atoms with E-state index >= 15 is 0 Å². The Kier molecular flexibility index (Phi) is 10.9. The fourth-order valence-electron chi connectivity index (χ4n) is 2.40. The van der Waals surface area contributed by atoms with Gasteiger partial charge in [0, 0.05) is 18.7 Å². The van der Waals surface area contributed by atoms with Crippen LogP contribution in [0.1, 0.15) is 58.6 Å². The van der Waals surface area contributed by atoms with Crippen molar-refractivity contribution in [2.45, 2.75) is 73.0 Å². The molecule has 9 heteroatoms. The zero-order valence-corrected chi connectivity index (χ0v) is 20.7. The number of nitrogens with zero attached hydrogens (tertiary/aromatic N) is 2. The minimum Gasteiger partial charge on any atom is -0.444 e. The third-order valence-corrected chi connectivity index (χ3v) is 3.66. The number of carbonyl (C=O) groups is 1. The summed E-state index contributed by atoms with van der Waals surface area (Å²) in [6, 6.07) is 0. The summed E-state index contributed by atoms with van der Waals surface area (Å²) >= 11 is 0. The van der Waals surface area contributed by atoms with E-state index < -0.39 is 17.2 Å². The highest BCUT2D eigenvalue weighted by atomic mass is 127. The minimum absolute atomic E-state index is 0. The fraction of sp³-hybridized carbons (Fsp3) is 0.737. The van der Waals surface area contributed by atoms with Crippen LogP contribution in [0.25, 0.3) is 0 Å². The first-order chi connectivity index (χ1) is 12.4. The van der Waals surface area contributed by atoms with Crippen LogP contribution < -0.4 is 16.0 Å². The topological polar surface area (TPSA) is 101 Å². The second-order valence-corrected chi connectivity index (χ2v) is 8.19. The van der Waals surface area contributed by atoms with Crippen molar-refractivity contribution >= 4 is 36.0 Å². The average Bonchev–Trinajstić information content (AvgIpc) is 2.82. The lowest BCUT2D eigenvalue weighted by molar-refractivity contribution is 0.0476. The molecule has 0 aliphatic rings. The normalized spacial score (nSPS) is 12.2. The third kappa shape index (κ3) is 10.1. The van der Waals surface area contributed by atoms with Crippen molar-refractivity contribution in [3.8, 4) is 0 Å². The molecule has 1 aromatic rings. The Morgan fingerprint density at radius 1 is 1.18 bits per heavy atom. The van der Waals surface area contributed by atoms with Gasteiger partial charge in [0.1, 0.15) is 11.4 Å². The molecule has 0 bridgehead atoms. The Balaban J connectivity index is 0.00000729. The molecule has 0 aliphatic carbocycles. The number of carbonyl (C=O) groups excluding carboxylic acids is 1. The molecule has 3 N–H and O–H groups in total. The van der Waals surface area contributed by atoms with E-state index in [4.69, 9.17) is 9.26 Å². The summed E-state index contributed by atoms with van der Waals surface area (Å²) < 4.78 is 10.5. The molecule has 0 atom stereocenters. The summed E-state index contributed by atoms with van der Waals surface area (Å²) in [4.78, 5) is 16.6. The van der Waals surface area contributed by atoms with Gasteiger partial charge in [-0.3, -0.25) is 4.99 Å². The van der Waals surface area contributed by atoms with E-state index in [-0.39, 0.29) is 24.0 Å². The molecule has 8 nitrogen and oxygen atoms in total. The number of guanidine groups is 1. The lowest BCUT2D eigenvalue weighted by Crippen LogP contribution is -2.49. The van der Waals surface area contributed by atoms with Crippen LogP contribution in [0.2, 0.25) is 0 Å². The number of rotatable bonds is 7. The average molecular weight is 509 g/mol. The van der Waals surface area contributed by atoms with Crippen LogP contribution in [0.4, 0.5) is 4.79 Å². The zero-order valence-electron chi connectivity index (χ0n) is 18.4. The molecule has 1 rings (SSSR count). The highest BCUT2D eigenvalue weighted by Gasteiger charge is 2.24. The van der Waals surface area contributed by atoms with Gasteiger partial charge in [0.2, 0.25) is 0 Å². The number of aryl methyl sites for hydroxylation is 2. The van der Waals surface area contributed by atoms with Crippen molar-refractivity contribution in [1.29, 1.82) is 0 Å². The lowest BCUT2D eigenvalue weighted by Gasteiger charge is -2.27. The van der Waals surface area contributed by atoms with Crippen LogP contribution in [0.5, 0.6) is 0 Å². The molecular formula is C19H36IN5O3. The monoisotopic (exact) mass is 509 g/mol. The number of nitrogens with one attached hydrogen (secondary N) is 3. The molecule has 1 heterocycles. The number of alkyl carbamates (subject to hydrolysis) is 1. The van der Waals surface area contributed by atoms with Gasteiger partial charge in [-0.1, -0.05) is 5.16 Å². The van der Waals surface area contributed by atoms with Crippen LogP contribution in [-0.4, -0.2) is 48.0 Å². The zero-order chi connectivity index (χ0) is 20.7. The number of aliphatic imine (C=N–C) groups is 1. The molecule has 0 fully saturated rings. The lowest BCUT2D eigenvalue weighted by atomic mass is 10.1. The van der Waals surface area contributed by atoms with Gasteiger partial charge >= 0.3 is 6.09 Å². The molecule has 1 aromatic heterocycles. The van der Waals surface area contributed by atoms with Gasteiger partial charge in [-0.05, 0) is 61.8 Å². The maximum atomic E-state index is 12.0. The predicted octanol–water partition coefficient (Wildman–Crippen LogP) is 3.31. The van der Waals surface area contributed by atoms with Crippen molar-refractivity contribution in [3.63, 3.8) is 0 Å². The van der Waals surface area contributed by atoms with E-state index in [0.29, 0.717) is 19.0 Å². The van der Waals surface area contributed by atoms with E-state index in [1.165, 1.54) is 0 Å². The number of ether oxygens (including phenoxy) is 1. The first-order valence-corrected chi connectivity index (χ1v) is 9.38. The van der Waals surface area contributed by atoms with Crippen molar-refractivity contribution in [2.24, 2.45) is 4.99 Å². The second kappa shape index (κ2) is 11.5. The number of hydrogen-bond donors (Lipinski definition) is 3. The van der Waals surface area contributed by atoms with Gasteiger partial charge < -0.3 is 25.2 Å². The summed E-state index contributed by atoms with van der Waals surface area (Å²) in [6.45, 7) is 17.1. The van der Waals surface area contributed by atoms with Crippen LogP contribution in [-0.2, 0) is 11.2 Å². The van der Waals surface area contributed by atoms with Gasteiger partial charge in [0.15, 0.2) is 5.96 Å². The van der Waals surface area contributed by atoms with Crippen LogP contribution in [0.3, 0.4) is 0 Å². The highest BCUT2D eigenvalue weighted by Crippen LogP contribution is 2.12. The van der Waals surface area contributed by atoms with E-state index in [0.717, 1.165) is 30.0 Å². The number of halogens is 1. The van der Waals surface area contributed by atoms with Crippen molar-refractivity contribution in [2.75, 3.05) is 19.6 Å². The van der Waals surface area contributed by atoms with Crippen LogP contribution in [0.15, 0.2) is 9.52 Å². The van der Waals surface area contributed by atoms with Crippen molar-refractivity contribution in [3.05, 3.63) is 17.0 Å². The smallest absolute Gasteiger partial charge is 0.408 e. The van der Waals surface area contributed by atoms with Gasteiger partial charge in [-0.2, -0.15) is 0 Å². The third-order valence-electron chi connectivity index (χ3n) is 3.66. The van der Waals surface area contributed by atoms with E-state index in [2.05, 4.69) is 26.1 Å². The summed E-state index contributed by atoms with van der Waals surface area (Å²) in [5.74, 6) is 1.54. The molecular weight excluding hydrogens is 473 g/mol. The van der Waals surface area contributed by atoms with Gasteiger partial charge in [-0.25, -0.2) is 4.79 Å². The first-order valence-electron chi connectivity index (χ1n) is 9.38. The molecule has 0 aliphatic heterocycles. The summed E-state index contributed by atoms with van der Waals surface area (Å²) in [5, 5.41) is 13.3. The standard InChI is InChI=1S/C19H35N5O3.HI/c1-9-20-16(21-11-10-15-13(2)24-27-14(15)3)22-12-19(7,8)23-17(25)26-18(4,5)6;/h9-12H2,1-8H3,(H,23,25)(H2,20,21,22);1H. The molecule has 162 valence electrons. The summed E-state index contributed by atoms with van der Waals surface area (Å²) in [7, 11) is 0. The second-order valence-electron chi connectivity index (χ2n) is 8.19. The van der Waals surface area contributed by atoms with E-state index in [1.54, 1.807) is 0 Å². The molecule has 28 heavy (non-hydrogen) atoms. The predicted molar refractivity (Wildman–Crippen MR) is 123 cm³/mol. The van der Waals surface area contributed by atoms with Gasteiger partial charge in [0.05, 0.1) is 17.8 Å². The molecule has 0 radical (unpaired) electrons. The largest absolute Gasteiger partial charge is 0.444 e. The SMILES string of the molecule is CCNC(=NCC(C)(C)NC(=O)OC(C)(C)C)NCCc1c(C)noc1C.I. The van der Waals surface area contributed by atoms with Crippen LogP contribution in [0, 0.1) is 13.8 Å². The van der Waals surface area contributed by atoms with Crippen molar-refractivity contribution < 1.29 is 14.1 Å². The number of aromatic nitrogens is 1. The fourth-order valence-corrected chi connectivity index (χ4v) is 2.40. The Labute approximate surface area is 185 Å². The number of hydrogen-bond acceptors (Lipinski definition) is 5. The Hall–Kier alpha value is -1.52. The van der Waals surface area contributed by atoms with Crippen LogP contribution >= 0.6 is 24.0 Å². The quantitative estimate of drug-likeness (QED) is 0.296.